The molecule has 1 heterocycles. The van der Waals surface area contributed by atoms with Gasteiger partial charge in [0.2, 0.25) is 0 Å². The van der Waals surface area contributed by atoms with Crippen LogP contribution in [-0.2, 0) is 19.0 Å². The molecule has 110 valence electrons. The molecule has 1 saturated heterocycles. The molecule has 19 heavy (non-hydrogen) atoms. The van der Waals surface area contributed by atoms with Crippen molar-refractivity contribution in [1.29, 1.82) is 0 Å². The molecule has 1 N–H and O–H groups in total. The van der Waals surface area contributed by atoms with E-state index >= 15 is 0 Å². The number of aliphatic hydroxyl groups is 1. The second-order valence-electron chi connectivity index (χ2n) is 5.18. The van der Waals surface area contributed by atoms with Gasteiger partial charge in [0.05, 0.1) is 19.3 Å². The Morgan fingerprint density at radius 1 is 1.47 bits per heavy atom. The SMILES string of the molecule is C=C(C)C(=O)OCCCCO[C@H]1CCOC[C@@]1(C)O. The molecule has 0 aliphatic carbocycles. The predicted molar refractivity (Wildman–Crippen MR) is 70.8 cm³/mol. The van der Waals surface area contributed by atoms with Gasteiger partial charge in [-0.05, 0) is 33.1 Å². The van der Waals surface area contributed by atoms with E-state index in [-0.39, 0.29) is 12.1 Å². The number of hydrogen-bond acceptors (Lipinski definition) is 5. The summed E-state index contributed by atoms with van der Waals surface area (Å²) in [6, 6.07) is 0. The first-order chi connectivity index (χ1) is 8.93. The highest BCUT2D eigenvalue weighted by atomic mass is 16.5. The molecule has 2 atom stereocenters. The molecule has 5 nitrogen and oxygen atoms in total. The monoisotopic (exact) mass is 272 g/mol. The molecular formula is C14H24O5. The molecule has 0 aromatic heterocycles. The molecule has 0 saturated carbocycles. The smallest absolute Gasteiger partial charge is 0.333 e. The zero-order chi connectivity index (χ0) is 14.3. The quantitative estimate of drug-likeness (QED) is 0.431. The van der Waals surface area contributed by atoms with Gasteiger partial charge < -0.3 is 19.3 Å². The van der Waals surface area contributed by atoms with E-state index in [9.17, 15) is 9.90 Å². The number of esters is 1. The fraction of sp³-hybridized carbons (Fsp3) is 0.786. The van der Waals surface area contributed by atoms with E-state index in [0.717, 1.165) is 12.8 Å². The maximum Gasteiger partial charge on any atom is 0.333 e. The Labute approximate surface area is 114 Å². The molecular weight excluding hydrogens is 248 g/mol. The summed E-state index contributed by atoms with van der Waals surface area (Å²) in [5, 5.41) is 10.0. The maximum absolute atomic E-state index is 11.1. The van der Waals surface area contributed by atoms with Gasteiger partial charge >= 0.3 is 5.97 Å². The lowest BCUT2D eigenvalue weighted by molar-refractivity contribution is -0.170. The number of rotatable bonds is 7. The number of ether oxygens (including phenoxy) is 3. The summed E-state index contributed by atoms with van der Waals surface area (Å²) in [4.78, 5) is 11.1. The van der Waals surface area contributed by atoms with E-state index < -0.39 is 5.60 Å². The minimum absolute atomic E-state index is 0.181. The largest absolute Gasteiger partial charge is 0.462 e. The Hall–Kier alpha value is -0.910. The third-order valence-corrected chi connectivity index (χ3v) is 3.05. The summed E-state index contributed by atoms with van der Waals surface area (Å²) in [6.45, 7) is 8.72. The highest BCUT2D eigenvalue weighted by Crippen LogP contribution is 2.22. The van der Waals surface area contributed by atoms with Crippen molar-refractivity contribution < 1.29 is 24.1 Å². The predicted octanol–water partition coefficient (Wildman–Crippen LogP) is 1.44. The Bertz CT molecular complexity index is 311. The van der Waals surface area contributed by atoms with Gasteiger partial charge in [-0.3, -0.25) is 0 Å². The van der Waals surface area contributed by atoms with E-state index in [1.54, 1.807) is 13.8 Å². The average molecular weight is 272 g/mol. The molecule has 1 aliphatic rings. The third-order valence-electron chi connectivity index (χ3n) is 3.05. The minimum atomic E-state index is -0.912. The zero-order valence-corrected chi connectivity index (χ0v) is 11.8. The fourth-order valence-electron chi connectivity index (χ4n) is 1.85. The van der Waals surface area contributed by atoms with Gasteiger partial charge in [0.1, 0.15) is 5.60 Å². The summed E-state index contributed by atoms with van der Waals surface area (Å²) in [5.74, 6) is -0.353. The Morgan fingerprint density at radius 3 is 2.79 bits per heavy atom. The van der Waals surface area contributed by atoms with Crippen LogP contribution < -0.4 is 0 Å². The normalized spacial score (nSPS) is 27.0. The van der Waals surface area contributed by atoms with Crippen LogP contribution in [0.3, 0.4) is 0 Å². The van der Waals surface area contributed by atoms with Crippen LogP contribution in [0.1, 0.15) is 33.1 Å². The lowest BCUT2D eigenvalue weighted by atomic mass is 9.95. The van der Waals surface area contributed by atoms with Crippen LogP contribution in [0.2, 0.25) is 0 Å². The second kappa shape index (κ2) is 7.62. The first-order valence-corrected chi connectivity index (χ1v) is 6.68. The third kappa shape index (κ3) is 5.72. The summed E-state index contributed by atoms with van der Waals surface area (Å²) < 4.78 is 15.9. The van der Waals surface area contributed by atoms with Crippen LogP contribution in [0.15, 0.2) is 12.2 Å². The van der Waals surface area contributed by atoms with Crippen molar-refractivity contribution in [2.75, 3.05) is 26.4 Å². The van der Waals surface area contributed by atoms with Crippen molar-refractivity contribution in [1.82, 2.24) is 0 Å². The van der Waals surface area contributed by atoms with E-state index in [2.05, 4.69) is 6.58 Å². The number of carbonyl (C=O) groups excluding carboxylic acids is 1. The highest BCUT2D eigenvalue weighted by molar-refractivity contribution is 5.86. The summed E-state index contributed by atoms with van der Waals surface area (Å²) in [7, 11) is 0. The van der Waals surface area contributed by atoms with Crippen molar-refractivity contribution in [2.24, 2.45) is 0 Å². The Balaban J connectivity index is 2.07. The number of hydrogen-bond donors (Lipinski definition) is 1. The van der Waals surface area contributed by atoms with E-state index in [1.807, 2.05) is 0 Å². The van der Waals surface area contributed by atoms with Gasteiger partial charge in [0.25, 0.3) is 0 Å². The van der Waals surface area contributed by atoms with Crippen molar-refractivity contribution in [2.45, 2.75) is 44.8 Å². The molecule has 0 spiro atoms. The molecule has 1 fully saturated rings. The molecule has 0 amide bonds. The molecule has 0 aromatic rings. The van der Waals surface area contributed by atoms with E-state index in [1.165, 1.54) is 0 Å². The number of carbonyl (C=O) groups is 1. The average Bonchev–Trinajstić information content (AvgIpc) is 2.34. The van der Waals surface area contributed by atoms with Gasteiger partial charge in [0.15, 0.2) is 0 Å². The van der Waals surface area contributed by atoms with Crippen LogP contribution >= 0.6 is 0 Å². The van der Waals surface area contributed by atoms with Crippen LogP contribution in [0.4, 0.5) is 0 Å². The summed E-state index contributed by atoms with van der Waals surface area (Å²) in [5.41, 5.74) is -0.500. The van der Waals surface area contributed by atoms with Crippen LogP contribution in [0.5, 0.6) is 0 Å². The Morgan fingerprint density at radius 2 is 2.16 bits per heavy atom. The van der Waals surface area contributed by atoms with Gasteiger partial charge in [-0.25, -0.2) is 4.79 Å². The molecule has 0 unspecified atom stereocenters. The standard InChI is InChI=1S/C14H24O5/c1-11(2)13(15)19-8-5-4-7-18-12-6-9-17-10-14(12,3)16/h12,16H,1,4-10H2,2-3H3/t12-,14+/m0/s1. The van der Waals surface area contributed by atoms with Gasteiger partial charge in [0, 0.05) is 18.8 Å². The highest BCUT2D eigenvalue weighted by Gasteiger charge is 2.35. The minimum Gasteiger partial charge on any atom is -0.462 e. The molecule has 1 aliphatic heterocycles. The van der Waals surface area contributed by atoms with Gasteiger partial charge in [-0.1, -0.05) is 6.58 Å². The van der Waals surface area contributed by atoms with E-state index in [4.69, 9.17) is 14.2 Å². The summed E-state index contributed by atoms with van der Waals surface area (Å²) >= 11 is 0. The zero-order valence-electron chi connectivity index (χ0n) is 11.8. The lowest BCUT2D eigenvalue weighted by Crippen LogP contribution is -2.49. The molecule has 0 bridgehead atoms. The maximum atomic E-state index is 11.1. The van der Waals surface area contributed by atoms with Crippen LogP contribution in [0, 0.1) is 0 Å². The van der Waals surface area contributed by atoms with E-state index in [0.29, 0.717) is 38.4 Å². The Kier molecular flexibility index (Phi) is 6.48. The molecule has 1 rings (SSSR count). The van der Waals surface area contributed by atoms with Crippen LogP contribution in [-0.4, -0.2) is 49.2 Å². The molecule has 5 heteroatoms. The van der Waals surface area contributed by atoms with Crippen molar-refractivity contribution >= 4 is 5.97 Å². The lowest BCUT2D eigenvalue weighted by Gasteiger charge is -2.36. The number of unbranched alkanes of at least 4 members (excludes halogenated alkanes) is 1. The molecule has 0 aromatic carbocycles. The van der Waals surface area contributed by atoms with Crippen molar-refractivity contribution in [3.05, 3.63) is 12.2 Å². The second-order valence-corrected chi connectivity index (χ2v) is 5.18. The van der Waals surface area contributed by atoms with Gasteiger partial charge in [-0.2, -0.15) is 0 Å². The first kappa shape index (κ1) is 16.1. The van der Waals surface area contributed by atoms with Gasteiger partial charge in [-0.15, -0.1) is 0 Å². The molecule has 0 radical (unpaired) electrons. The van der Waals surface area contributed by atoms with Crippen molar-refractivity contribution in [3.8, 4) is 0 Å². The summed E-state index contributed by atoms with van der Waals surface area (Å²) in [6.07, 6.45) is 2.05. The fourth-order valence-corrected chi connectivity index (χ4v) is 1.85. The van der Waals surface area contributed by atoms with Crippen molar-refractivity contribution in [3.63, 3.8) is 0 Å². The topological polar surface area (TPSA) is 65.0 Å². The van der Waals surface area contributed by atoms with Crippen LogP contribution in [0.25, 0.3) is 0 Å². The first-order valence-electron chi connectivity index (χ1n) is 6.68.